The number of rotatable bonds is 1. The van der Waals surface area contributed by atoms with Gasteiger partial charge in [0.1, 0.15) is 6.17 Å². The highest BCUT2D eigenvalue weighted by atomic mass is 16.3. The molecule has 1 aromatic heterocycles. The summed E-state index contributed by atoms with van der Waals surface area (Å²) >= 11 is 0. The molecule has 1 unspecified atom stereocenters. The van der Waals surface area contributed by atoms with Crippen molar-refractivity contribution in [1.29, 1.82) is 0 Å². The van der Waals surface area contributed by atoms with Gasteiger partial charge in [0.25, 0.3) is 0 Å². The molecule has 0 saturated carbocycles. The number of hydrogen-bond acceptors (Lipinski definition) is 5. The van der Waals surface area contributed by atoms with E-state index in [1.807, 2.05) is 51.2 Å². The molecule has 5 rings (SSSR count). The first kappa shape index (κ1) is 17.2. The quantitative estimate of drug-likeness (QED) is 0.680. The van der Waals surface area contributed by atoms with Crippen LogP contribution in [0.2, 0.25) is 0 Å². The number of Topliss-reactive ketones (excluding diaryl/α,β-unsaturated/α-hetero) is 1. The van der Waals surface area contributed by atoms with Gasteiger partial charge in [0, 0.05) is 47.2 Å². The van der Waals surface area contributed by atoms with Gasteiger partial charge in [0.15, 0.2) is 5.60 Å². The standard InChI is InChI=1S/C23H23N3O2/c1-13-8-19-20(9-14(13)2)25-22-23(28,21(19)27)6-7-26(22)18-5-4-16-12-24-15(3)10-17(16)11-18/h4-5,8-12,22,25,28H,6-7H2,1-3H3/t22?,23-/m1/s1. The summed E-state index contributed by atoms with van der Waals surface area (Å²) in [5, 5.41) is 16.9. The summed E-state index contributed by atoms with van der Waals surface area (Å²) in [7, 11) is 0. The fourth-order valence-electron chi connectivity index (χ4n) is 4.45. The maximum Gasteiger partial charge on any atom is 0.200 e. The fourth-order valence-corrected chi connectivity index (χ4v) is 4.45. The molecule has 2 N–H and O–H groups in total. The zero-order valence-corrected chi connectivity index (χ0v) is 16.3. The normalized spacial score (nSPS) is 23.5. The van der Waals surface area contributed by atoms with E-state index in [1.165, 1.54) is 0 Å². The van der Waals surface area contributed by atoms with E-state index >= 15 is 0 Å². The highest BCUT2D eigenvalue weighted by molar-refractivity contribution is 6.10. The van der Waals surface area contributed by atoms with Crippen molar-refractivity contribution in [2.75, 3.05) is 16.8 Å². The van der Waals surface area contributed by atoms with Crippen LogP contribution in [0.15, 0.2) is 42.6 Å². The molecule has 2 aliphatic rings. The topological polar surface area (TPSA) is 65.5 Å². The fraction of sp³-hybridized carbons (Fsp3) is 0.304. The molecule has 5 heteroatoms. The van der Waals surface area contributed by atoms with Crippen LogP contribution < -0.4 is 10.2 Å². The van der Waals surface area contributed by atoms with Crippen molar-refractivity contribution >= 4 is 27.9 Å². The Labute approximate surface area is 164 Å². The maximum absolute atomic E-state index is 13.2. The first-order valence-corrected chi connectivity index (χ1v) is 9.65. The van der Waals surface area contributed by atoms with Crippen molar-refractivity contribution in [2.24, 2.45) is 0 Å². The molecule has 0 amide bonds. The molecule has 28 heavy (non-hydrogen) atoms. The number of anilines is 2. The molecule has 1 saturated heterocycles. The van der Waals surface area contributed by atoms with E-state index in [9.17, 15) is 9.90 Å². The zero-order chi connectivity index (χ0) is 19.6. The number of aromatic nitrogens is 1. The molecule has 2 aliphatic heterocycles. The van der Waals surface area contributed by atoms with Gasteiger partial charge in [0.2, 0.25) is 5.78 Å². The van der Waals surface area contributed by atoms with E-state index in [0.29, 0.717) is 18.5 Å². The minimum absolute atomic E-state index is 0.183. The zero-order valence-electron chi connectivity index (χ0n) is 16.3. The Balaban J connectivity index is 1.59. The number of ketones is 1. The minimum atomic E-state index is -1.42. The summed E-state index contributed by atoms with van der Waals surface area (Å²) in [6, 6.07) is 12.1. The second-order valence-corrected chi connectivity index (χ2v) is 8.08. The van der Waals surface area contributed by atoms with Crippen LogP contribution in [0.3, 0.4) is 0 Å². The lowest BCUT2D eigenvalue weighted by molar-refractivity contribution is 0.0295. The van der Waals surface area contributed by atoms with E-state index in [4.69, 9.17) is 0 Å². The van der Waals surface area contributed by atoms with E-state index in [-0.39, 0.29) is 5.78 Å². The lowest BCUT2D eigenvalue weighted by Crippen LogP contribution is -2.57. The number of carbonyl (C=O) groups is 1. The van der Waals surface area contributed by atoms with E-state index < -0.39 is 11.8 Å². The van der Waals surface area contributed by atoms with Crippen LogP contribution in [0, 0.1) is 20.8 Å². The number of hydrogen-bond donors (Lipinski definition) is 2. The molecule has 0 spiro atoms. The van der Waals surface area contributed by atoms with Crippen LogP contribution in [0.25, 0.3) is 10.8 Å². The predicted octanol–water partition coefficient (Wildman–Crippen LogP) is 3.74. The summed E-state index contributed by atoms with van der Waals surface area (Å²) in [4.78, 5) is 19.6. The van der Waals surface area contributed by atoms with Crippen molar-refractivity contribution in [2.45, 2.75) is 39.0 Å². The molecular formula is C23H23N3O2. The average Bonchev–Trinajstić information content (AvgIpc) is 3.01. The monoisotopic (exact) mass is 373 g/mol. The third kappa shape index (κ3) is 2.36. The third-order valence-electron chi connectivity index (χ3n) is 6.24. The van der Waals surface area contributed by atoms with Gasteiger partial charge in [-0.25, -0.2) is 0 Å². The summed E-state index contributed by atoms with van der Waals surface area (Å²) in [5.41, 5.74) is 4.11. The number of aryl methyl sites for hydroxylation is 3. The first-order chi connectivity index (χ1) is 13.4. The minimum Gasteiger partial charge on any atom is -0.378 e. The summed E-state index contributed by atoms with van der Waals surface area (Å²) < 4.78 is 0. The number of benzene rings is 2. The predicted molar refractivity (Wildman–Crippen MR) is 111 cm³/mol. The van der Waals surface area contributed by atoms with Crippen LogP contribution in [-0.4, -0.2) is 34.2 Å². The Morgan fingerprint density at radius 2 is 1.89 bits per heavy atom. The summed E-state index contributed by atoms with van der Waals surface area (Å²) in [5.74, 6) is -0.183. The van der Waals surface area contributed by atoms with Crippen LogP contribution in [0.1, 0.15) is 33.6 Å². The van der Waals surface area contributed by atoms with E-state index in [0.717, 1.165) is 39.0 Å². The lowest BCUT2D eigenvalue weighted by atomic mass is 9.84. The Kier molecular flexibility index (Phi) is 3.55. The molecule has 1 fully saturated rings. The molecular weight excluding hydrogens is 350 g/mol. The SMILES string of the molecule is Cc1cc2cc(N3CC[C@@]4(O)C(=O)c5cc(C)c(C)cc5NC34)ccc2cn1. The molecule has 0 bridgehead atoms. The number of nitrogens with zero attached hydrogens (tertiary/aromatic N) is 2. The van der Waals surface area contributed by atoms with Gasteiger partial charge in [-0.15, -0.1) is 0 Å². The van der Waals surface area contributed by atoms with Crippen LogP contribution >= 0.6 is 0 Å². The summed E-state index contributed by atoms with van der Waals surface area (Å²) in [6.45, 7) is 6.62. The molecule has 5 nitrogen and oxygen atoms in total. The molecule has 0 radical (unpaired) electrons. The van der Waals surface area contributed by atoms with Gasteiger partial charge < -0.3 is 15.3 Å². The number of pyridine rings is 1. The Bertz CT molecular complexity index is 1140. The Morgan fingerprint density at radius 1 is 1.11 bits per heavy atom. The third-order valence-corrected chi connectivity index (χ3v) is 6.24. The Hall–Kier alpha value is -2.92. The van der Waals surface area contributed by atoms with Crippen LogP contribution in [0.5, 0.6) is 0 Å². The Morgan fingerprint density at radius 3 is 2.71 bits per heavy atom. The van der Waals surface area contributed by atoms with Gasteiger partial charge in [-0.1, -0.05) is 6.07 Å². The smallest absolute Gasteiger partial charge is 0.200 e. The van der Waals surface area contributed by atoms with Crippen LogP contribution in [-0.2, 0) is 0 Å². The van der Waals surface area contributed by atoms with Gasteiger partial charge in [-0.05, 0) is 67.6 Å². The second-order valence-electron chi connectivity index (χ2n) is 8.08. The van der Waals surface area contributed by atoms with Crippen molar-refractivity contribution in [1.82, 2.24) is 4.98 Å². The maximum atomic E-state index is 13.2. The second kappa shape index (κ2) is 5.79. The highest BCUT2D eigenvalue weighted by Crippen LogP contribution is 2.42. The van der Waals surface area contributed by atoms with Gasteiger partial charge >= 0.3 is 0 Å². The number of fused-ring (bicyclic) bond motifs is 3. The van der Waals surface area contributed by atoms with Gasteiger partial charge in [0.05, 0.1) is 0 Å². The largest absolute Gasteiger partial charge is 0.378 e. The number of carbonyl (C=O) groups excluding carboxylic acids is 1. The first-order valence-electron chi connectivity index (χ1n) is 9.65. The van der Waals surface area contributed by atoms with Gasteiger partial charge in [-0.2, -0.15) is 0 Å². The average molecular weight is 373 g/mol. The van der Waals surface area contributed by atoms with Gasteiger partial charge in [-0.3, -0.25) is 9.78 Å². The highest BCUT2D eigenvalue weighted by Gasteiger charge is 2.55. The molecule has 3 heterocycles. The number of nitrogens with one attached hydrogen (secondary N) is 1. The lowest BCUT2D eigenvalue weighted by Gasteiger charge is -2.40. The van der Waals surface area contributed by atoms with Crippen LogP contribution in [0.4, 0.5) is 11.4 Å². The number of aliphatic hydroxyl groups is 1. The summed E-state index contributed by atoms with van der Waals surface area (Å²) in [6.07, 6.45) is 1.80. The van der Waals surface area contributed by atoms with E-state index in [2.05, 4.69) is 27.3 Å². The molecule has 2 atom stereocenters. The molecule has 0 aliphatic carbocycles. The van der Waals surface area contributed by atoms with Crippen molar-refractivity contribution < 1.29 is 9.90 Å². The molecule has 3 aromatic rings. The van der Waals surface area contributed by atoms with Crippen molar-refractivity contribution in [3.63, 3.8) is 0 Å². The molecule has 2 aromatic carbocycles. The van der Waals surface area contributed by atoms with Crippen molar-refractivity contribution in [3.05, 3.63) is 65.0 Å². The molecule has 142 valence electrons. The van der Waals surface area contributed by atoms with Crippen molar-refractivity contribution in [3.8, 4) is 0 Å². The van der Waals surface area contributed by atoms with E-state index in [1.54, 1.807) is 0 Å².